The van der Waals surface area contributed by atoms with Crippen LogP contribution in [0, 0.1) is 6.92 Å². The van der Waals surface area contributed by atoms with Gasteiger partial charge in [-0.25, -0.2) is 0 Å². The molecule has 0 fully saturated rings. The number of aromatic nitrogens is 2. The molecule has 2 aromatic carbocycles. The van der Waals surface area contributed by atoms with Crippen molar-refractivity contribution < 1.29 is 0 Å². The predicted molar refractivity (Wildman–Crippen MR) is 132 cm³/mol. The van der Waals surface area contributed by atoms with Crippen molar-refractivity contribution in [3.8, 4) is 11.3 Å². The van der Waals surface area contributed by atoms with Gasteiger partial charge >= 0.3 is 0 Å². The van der Waals surface area contributed by atoms with E-state index in [9.17, 15) is 0 Å². The van der Waals surface area contributed by atoms with E-state index >= 15 is 0 Å². The van der Waals surface area contributed by atoms with Crippen molar-refractivity contribution in [1.29, 1.82) is 0 Å². The molecule has 0 bridgehead atoms. The van der Waals surface area contributed by atoms with E-state index in [4.69, 9.17) is 34.0 Å². The molecule has 0 aliphatic carbocycles. The van der Waals surface area contributed by atoms with Gasteiger partial charge in [-0.3, -0.25) is 9.58 Å². The second kappa shape index (κ2) is 10.1. The fraction of sp³-hybridized carbons (Fsp3) is 0.208. The van der Waals surface area contributed by atoms with Crippen molar-refractivity contribution in [3.05, 3.63) is 88.7 Å². The van der Waals surface area contributed by atoms with Crippen molar-refractivity contribution in [2.75, 3.05) is 18.9 Å². The van der Waals surface area contributed by atoms with E-state index in [1.54, 1.807) is 12.3 Å². The summed E-state index contributed by atoms with van der Waals surface area (Å²) in [5.41, 5.74) is 12.6. The van der Waals surface area contributed by atoms with Gasteiger partial charge in [0.1, 0.15) is 5.69 Å². The van der Waals surface area contributed by atoms with Crippen molar-refractivity contribution >= 4 is 34.6 Å². The van der Waals surface area contributed by atoms with Crippen LogP contribution in [0.4, 0.5) is 5.69 Å². The Labute approximate surface area is 193 Å². The van der Waals surface area contributed by atoms with Crippen LogP contribution in [0.3, 0.4) is 0 Å². The number of benzene rings is 2. The third-order valence-electron chi connectivity index (χ3n) is 5.01. The van der Waals surface area contributed by atoms with Crippen LogP contribution < -0.4 is 11.1 Å². The zero-order chi connectivity index (χ0) is 22.5. The van der Waals surface area contributed by atoms with Crippen molar-refractivity contribution in [3.63, 3.8) is 0 Å². The quantitative estimate of drug-likeness (QED) is 0.523. The number of likely N-dealkylation sites (N-methyl/N-ethyl adjacent to an activating group) is 1. The molecule has 0 amide bonds. The van der Waals surface area contributed by atoms with Crippen molar-refractivity contribution in [1.82, 2.24) is 14.7 Å². The molecule has 0 unspecified atom stereocenters. The van der Waals surface area contributed by atoms with Gasteiger partial charge in [-0.15, -0.1) is 0 Å². The van der Waals surface area contributed by atoms with E-state index in [1.807, 2.05) is 28.9 Å². The summed E-state index contributed by atoms with van der Waals surface area (Å²) in [7, 11) is 2.08. The summed E-state index contributed by atoms with van der Waals surface area (Å²) in [6.45, 7) is 12.1. The van der Waals surface area contributed by atoms with Crippen molar-refractivity contribution in [2.45, 2.75) is 20.0 Å². The zero-order valence-electron chi connectivity index (χ0n) is 17.8. The maximum Gasteiger partial charge on any atom is 0.102 e. The summed E-state index contributed by atoms with van der Waals surface area (Å²) in [4.78, 5) is 2.24. The summed E-state index contributed by atoms with van der Waals surface area (Å²) in [6.07, 6.45) is 1.67. The van der Waals surface area contributed by atoms with Gasteiger partial charge in [0, 0.05) is 35.6 Å². The van der Waals surface area contributed by atoms with E-state index in [2.05, 4.69) is 49.5 Å². The van der Waals surface area contributed by atoms with Gasteiger partial charge in [0.25, 0.3) is 0 Å². The van der Waals surface area contributed by atoms with Crippen LogP contribution in [0.15, 0.2) is 61.8 Å². The van der Waals surface area contributed by atoms with Crippen LogP contribution in [0.25, 0.3) is 17.0 Å². The second-order valence-corrected chi connectivity index (χ2v) is 8.31. The minimum Gasteiger partial charge on any atom is -0.399 e. The SMILES string of the molecule is C=C(N)c1c(-c2ccc(Cl)c(Cl)c2)nn2c1CN(C)CC2.C=CNc1ccc(C)cc1. The first kappa shape index (κ1) is 22.9. The summed E-state index contributed by atoms with van der Waals surface area (Å²) in [6, 6.07) is 13.7. The second-order valence-electron chi connectivity index (χ2n) is 7.50. The molecule has 5 nitrogen and oxygen atoms in total. The predicted octanol–water partition coefficient (Wildman–Crippen LogP) is 5.78. The normalized spacial score (nSPS) is 13.0. The Morgan fingerprint density at radius 1 is 1.13 bits per heavy atom. The lowest BCUT2D eigenvalue weighted by atomic mass is 10.0. The largest absolute Gasteiger partial charge is 0.399 e. The monoisotopic (exact) mass is 455 g/mol. The Bertz CT molecular complexity index is 1090. The number of aryl methyl sites for hydroxylation is 1. The van der Waals surface area contributed by atoms with E-state index in [0.29, 0.717) is 15.7 Å². The number of rotatable bonds is 4. The van der Waals surface area contributed by atoms with Crippen molar-refractivity contribution in [2.24, 2.45) is 5.73 Å². The van der Waals surface area contributed by atoms with Gasteiger partial charge in [0.15, 0.2) is 0 Å². The number of fused-ring (bicyclic) bond motifs is 1. The van der Waals surface area contributed by atoms with Crippen LogP contribution in [0.5, 0.6) is 0 Å². The maximum atomic E-state index is 6.12. The van der Waals surface area contributed by atoms with E-state index < -0.39 is 0 Å². The van der Waals surface area contributed by atoms with Crippen LogP contribution in [0.2, 0.25) is 10.0 Å². The van der Waals surface area contributed by atoms with Gasteiger partial charge in [-0.1, -0.05) is 60.1 Å². The smallest absolute Gasteiger partial charge is 0.102 e. The Hall–Kier alpha value is -2.73. The van der Waals surface area contributed by atoms with Crippen LogP contribution in [0.1, 0.15) is 16.8 Å². The number of nitrogens with two attached hydrogens (primary N) is 1. The van der Waals surface area contributed by atoms with Gasteiger partial charge in [0.2, 0.25) is 0 Å². The molecule has 1 aromatic heterocycles. The van der Waals surface area contributed by atoms with Gasteiger partial charge in [-0.2, -0.15) is 5.10 Å². The highest BCUT2D eigenvalue weighted by Crippen LogP contribution is 2.34. The first-order valence-electron chi connectivity index (χ1n) is 9.92. The first-order chi connectivity index (χ1) is 14.8. The Balaban J connectivity index is 0.000000229. The van der Waals surface area contributed by atoms with Gasteiger partial charge in [0.05, 0.1) is 22.3 Å². The highest BCUT2D eigenvalue weighted by molar-refractivity contribution is 6.42. The van der Waals surface area contributed by atoms with Gasteiger partial charge in [-0.05, 0) is 44.4 Å². The number of hydrogen-bond donors (Lipinski definition) is 2. The zero-order valence-corrected chi connectivity index (χ0v) is 19.3. The van der Waals surface area contributed by atoms with Crippen LogP contribution >= 0.6 is 23.2 Å². The third-order valence-corrected chi connectivity index (χ3v) is 5.74. The van der Waals surface area contributed by atoms with E-state index in [-0.39, 0.29) is 0 Å². The van der Waals surface area contributed by atoms with Gasteiger partial charge < -0.3 is 11.1 Å². The molecule has 2 heterocycles. The first-order valence-corrected chi connectivity index (χ1v) is 10.7. The third kappa shape index (κ3) is 5.50. The maximum absolute atomic E-state index is 6.12. The summed E-state index contributed by atoms with van der Waals surface area (Å²) in [5, 5.41) is 8.72. The minimum atomic E-state index is 0.505. The molecular weight excluding hydrogens is 429 g/mol. The summed E-state index contributed by atoms with van der Waals surface area (Å²) < 4.78 is 2.01. The molecule has 0 radical (unpaired) electrons. The highest BCUT2D eigenvalue weighted by atomic mass is 35.5. The topological polar surface area (TPSA) is 59.1 Å². The molecule has 3 aromatic rings. The van der Waals surface area contributed by atoms with E-state index in [0.717, 1.165) is 47.8 Å². The molecule has 162 valence electrons. The molecule has 1 aliphatic heterocycles. The highest BCUT2D eigenvalue weighted by Gasteiger charge is 2.24. The fourth-order valence-corrected chi connectivity index (χ4v) is 3.69. The summed E-state index contributed by atoms with van der Waals surface area (Å²) in [5.74, 6) is 0. The van der Waals surface area contributed by atoms with Crippen LogP contribution in [-0.4, -0.2) is 28.3 Å². The number of nitrogens with zero attached hydrogens (tertiary/aromatic N) is 3. The number of anilines is 1. The molecule has 0 atom stereocenters. The Morgan fingerprint density at radius 2 is 1.84 bits per heavy atom. The molecule has 0 spiro atoms. The number of hydrogen-bond acceptors (Lipinski definition) is 4. The molecule has 4 rings (SSSR count). The number of nitrogens with one attached hydrogen (secondary N) is 1. The summed E-state index contributed by atoms with van der Waals surface area (Å²) >= 11 is 12.1. The Morgan fingerprint density at radius 3 is 2.45 bits per heavy atom. The van der Waals surface area contributed by atoms with Crippen LogP contribution in [-0.2, 0) is 13.1 Å². The molecule has 31 heavy (non-hydrogen) atoms. The minimum absolute atomic E-state index is 0.505. The lowest BCUT2D eigenvalue weighted by Crippen LogP contribution is -2.31. The molecule has 0 saturated heterocycles. The fourth-order valence-electron chi connectivity index (χ4n) is 3.39. The lowest BCUT2D eigenvalue weighted by Gasteiger charge is -2.24. The standard InChI is InChI=1S/C15H16Cl2N4.C9H11N/c1-9(18)14-13-8-20(2)5-6-21(13)19-15(14)10-3-4-11(16)12(17)7-10;1-3-10-9-6-4-8(2)5-7-9/h3-4,7H,1,5-6,8,18H2,2H3;3-7,10H,1H2,2H3. The molecule has 7 heteroatoms. The average molecular weight is 456 g/mol. The number of halogens is 2. The molecule has 1 aliphatic rings. The molecule has 3 N–H and O–H groups in total. The lowest BCUT2D eigenvalue weighted by molar-refractivity contribution is 0.258. The molecule has 0 saturated carbocycles. The van der Waals surface area contributed by atoms with E-state index in [1.165, 1.54) is 5.56 Å². The molecular formula is C24H27Cl2N5. The average Bonchev–Trinajstić information content (AvgIpc) is 3.11. The Kier molecular flexibility index (Phi) is 7.44.